The predicted molar refractivity (Wildman–Crippen MR) is 231 cm³/mol. The van der Waals surface area contributed by atoms with Crippen LogP contribution in [0.4, 0.5) is 0 Å². The zero-order chi connectivity index (χ0) is 42.1. The smallest absolute Gasteiger partial charge is 0.472 e. The van der Waals surface area contributed by atoms with Crippen molar-refractivity contribution in [2.24, 2.45) is 5.73 Å². The number of hydrogen-bond acceptors (Lipinski definition) is 9. The van der Waals surface area contributed by atoms with Crippen molar-refractivity contribution < 1.29 is 47.5 Å². The Labute approximate surface area is 345 Å². The number of ether oxygens (including phenoxy) is 2. The first-order valence-electron chi connectivity index (χ1n) is 22.2. The maximum absolute atomic E-state index is 12.6. The molecule has 0 saturated carbocycles. The van der Waals surface area contributed by atoms with Crippen molar-refractivity contribution in [3.05, 3.63) is 48.6 Å². The number of rotatable bonds is 41. The molecule has 0 aromatic heterocycles. The number of allylic oxidation sites excluding steroid dienone is 8. The van der Waals surface area contributed by atoms with Crippen molar-refractivity contribution in [3.63, 3.8) is 0 Å². The molecule has 0 radical (unpaired) electrons. The lowest BCUT2D eigenvalue weighted by molar-refractivity contribution is -0.161. The van der Waals surface area contributed by atoms with Gasteiger partial charge >= 0.3 is 25.7 Å². The number of unbranched alkanes of at least 4 members (excludes halogenated alkanes) is 19. The third-order valence-electron chi connectivity index (χ3n) is 9.30. The first-order valence-corrected chi connectivity index (χ1v) is 23.7. The molecule has 3 atom stereocenters. The number of carbonyl (C=O) groups is 3. The molecule has 0 aliphatic heterocycles. The van der Waals surface area contributed by atoms with Gasteiger partial charge in [0.25, 0.3) is 0 Å². The van der Waals surface area contributed by atoms with Crippen molar-refractivity contribution in [3.8, 4) is 0 Å². The summed E-state index contributed by atoms with van der Waals surface area (Å²) in [6, 6.07) is -1.53. The third-order valence-corrected chi connectivity index (χ3v) is 10.3. The minimum atomic E-state index is -4.73. The second kappa shape index (κ2) is 40.2. The highest BCUT2D eigenvalue weighted by atomic mass is 31.2. The Morgan fingerprint density at radius 3 is 1.44 bits per heavy atom. The second-order valence-corrected chi connectivity index (χ2v) is 16.3. The van der Waals surface area contributed by atoms with Gasteiger partial charge in [-0.1, -0.05) is 146 Å². The Morgan fingerprint density at radius 1 is 0.544 bits per heavy atom. The lowest BCUT2D eigenvalue weighted by Crippen LogP contribution is -2.34. The Balaban J connectivity index is 4.42. The Kier molecular flexibility index (Phi) is 38.4. The molecule has 12 heteroatoms. The van der Waals surface area contributed by atoms with Gasteiger partial charge in [0.15, 0.2) is 6.10 Å². The van der Waals surface area contributed by atoms with E-state index in [0.717, 1.165) is 83.5 Å². The molecule has 4 N–H and O–H groups in total. The van der Waals surface area contributed by atoms with Gasteiger partial charge in [0.05, 0.1) is 13.2 Å². The number of aliphatic carboxylic acids is 1. The summed E-state index contributed by atoms with van der Waals surface area (Å²) in [6.45, 7) is 2.74. The number of hydrogen-bond donors (Lipinski definition) is 3. The molecule has 330 valence electrons. The Hall–Kier alpha value is -2.56. The standard InChI is InChI=1S/C45H80NO10P/c1-3-5-7-9-11-13-15-17-19-21-23-25-27-29-31-33-35-37-44(48)56-41(39-54-57(51,52)55-40-42(46)45(49)50)38-53-43(47)36-34-32-30-28-26-24-22-20-18-16-14-12-10-8-6-4-2/h11,13,17,19-20,22-23,25,41-42H,3-10,12,14-16,18,21,24,26-40,46H2,1-2H3,(H,49,50)(H,51,52)/b13-11-,19-17-,22-20-,25-23-/t41-,42+/m1/s1. The first kappa shape index (κ1) is 54.4. The van der Waals surface area contributed by atoms with E-state index >= 15 is 0 Å². The topological polar surface area (TPSA) is 172 Å². The molecule has 1 unspecified atom stereocenters. The van der Waals surface area contributed by atoms with Crippen molar-refractivity contribution in [1.29, 1.82) is 0 Å². The second-order valence-electron chi connectivity index (χ2n) is 14.8. The zero-order valence-corrected chi connectivity index (χ0v) is 36.6. The molecule has 0 aliphatic carbocycles. The monoisotopic (exact) mass is 826 g/mol. The fourth-order valence-electron chi connectivity index (χ4n) is 5.77. The molecule has 0 spiro atoms. The van der Waals surface area contributed by atoms with Gasteiger partial charge in [-0.3, -0.25) is 23.4 Å². The summed E-state index contributed by atoms with van der Waals surface area (Å²) in [6.07, 6.45) is 44.5. The largest absolute Gasteiger partial charge is 0.480 e. The predicted octanol–water partition coefficient (Wildman–Crippen LogP) is 11.8. The molecular formula is C45H80NO10P. The van der Waals surface area contributed by atoms with Crippen LogP contribution in [0.3, 0.4) is 0 Å². The maximum Gasteiger partial charge on any atom is 0.472 e. The molecule has 0 bridgehead atoms. The average molecular weight is 826 g/mol. The molecule has 0 amide bonds. The summed E-state index contributed by atoms with van der Waals surface area (Å²) in [5.74, 6) is -2.42. The van der Waals surface area contributed by atoms with Crippen LogP contribution in [0, 0.1) is 0 Å². The third kappa shape index (κ3) is 40.0. The number of phosphoric ester groups is 1. The summed E-state index contributed by atoms with van der Waals surface area (Å²) in [5.41, 5.74) is 5.33. The molecule has 0 aromatic rings. The number of esters is 2. The van der Waals surface area contributed by atoms with Crippen LogP contribution in [0.25, 0.3) is 0 Å². The average Bonchev–Trinajstić information content (AvgIpc) is 3.19. The van der Waals surface area contributed by atoms with E-state index in [1.165, 1.54) is 64.2 Å². The summed E-state index contributed by atoms with van der Waals surface area (Å²) in [7, 11) is -4.73. The van der Waals surface area contributed by atoms with Crippen LogP contribution in [0.15, 0.2) is 48.6 Å². The normalized spacial score (nSPS) is 14.2. The summed E-state index contributed by atoms with van der Waals surface area (Å²) >= 11 is 0. The number of carboxylic acid groups (broad SMARTS) is 1. The molecule has 11 nitrogen and oxygen atoms in total. The molecule has 57 heavy (non-hydrogen) atoms. The first-order chi connectivity index (χ1) is 27.6. The molecule has 0 aliphatic rings. The highest BCUT2D eigenvalue weighted by Crippen LogP contribution is 2.43. The lowest BCUT2D eigenvalue weighted by atomic mass is 10.1. The number of nitrogens with two attached hydrogens (primary N) is 1. The van der Waals surface area contributed by atoms with E-state index in [0.29, 0.717) is 12.8 Å². The number of carboxylic acids is 1. The SMILES string of the molecule is CCCCC/C=C\C/C=C\C/C=C\CCCCCCC(=O)O[C@H](COC(=O)CCCCCCC/C=C\CCCCCCCCC)COP(=O)(O)OC[C@H](N)C(=O)O. The van der Waals surface area contributed by atoms with E-state index in [2.05, 4.69) is 67.0 Å². The highest BCUT2D eigenvalue weighted by Gasteiger charge is 2.28. The van der Waals surface area contributed by atoms with E-state index in [-0.39, 0.29) is 19.4 Å². The van der Waals surface area contributed by atoms with Crippen molar-refractivity contribution in [2.75, 3.05) is 19.8 Å². The fraction of sp³-hybridized carbons (Fsp3) is 0.756. The van der Waals surface area contributed by atoms with Gasteiger partial charge in [0, 0.05) is 12.8 Å². The van der Waals surface area contributed by atoms with Crippen LogP contribution in [0.1, 0.15) is 187 Å². The fourth-order valence-corrected chi connectivity index (χ4v) is 6.55. The van der Waals surface area contributed by atoms with Crippen molar-refractivity contribution >= 4 is 25.7 Å². The van der Waals surface area contributed by atoms with Crippen LogP contribution >= 0.6 is 7.82 Å². The van der Waals surface area contributed by atoms with E-state index in [9.17, 15) is 23.8 Å². The maximum atomic E-state index is 12.6. The van der Waals surface area contributed by atoms with Gasteiger partial charge in [-0.05, 0) is 77.0 Å². The minimum Gasteiger partial charge on any atom is -0.480 e. The lowest BCUT2D eigenvalue weighted by Gasteiger charge is -2.20. The van der Waals surface area contributed by atoms with Crippen LogP contribution in [0.2, 0.25) is 0 Å². The van der Waals surface area contributed by atoms with Gasteiger partial charge in [-0.2, -0.15) is 0 Å². The summed E-state index contributed by atoms with van der Waals surface area (Å²) in [5, 5.41) is 8.89. The van der Waals surface area contributed by atoms with E-state index < -0.39 is 51.1 Å². The molecular weight excluding hydrogens is 745 g/mol. The van der Waals surface area contributed by atoms with E-state index in [4.69, 9.17) is 24.8 Å². The van der Waals surface area contributed by atoms with Crippen molar-refractivity contribution in [1.82, 2.24) is 0 Å². The number of phosphoric acid groups is 1. The van der Waals surface area contributed by atoms with Gasteiger partial charge in [-0.25, -0.2) is 4.57 Å². The Bertz CT molecular complexity index is 1150. The van der Waals surface area contributed by atoms with Crippen LogP contribution in [-0.2, 0) is 37.5 Å². The van der Waals surface area contributed by atoms with Crippen LogP contribution in [-0.4, -0.2) is 59.9 Å². The number of carbonyl (C=O) groups excluding carboxylic acids is 2. The van der Waals surface area contributed by atoms with Gasteiger partial charge in [0.2, 0.25) is 0 Å². The quantitative estimate of drug-likeness (QED) is 0.0232. The molecule has 0 fully saturated rings. The Morgan fingerprint density at radius 2 is 0.930 bits per heavy atom. The van der Waals surface area contributed by atoms with E-state index in [1.54, 1.807) is 0 Å². The molecule has 0 aromatic carbocycles. The van der Waals surface area contributed by atoms with Crippen molar-refractivity contribution in [2.45, 2.75) is 199 Å². The highest BCUT2D eigenvalue weighted by molar-refractivity contribution is 7.47. The minimum absolute atomic E-state index is 0.133. The van der Waals surface area contributed by atoms with Gasteiger partial charge < -0.3 is 25.2 Å². The van der Waals surface area contributed by atoms with Gasteiger partial charge in [0.1, 0.15) is 12.6 Å². The van der Waals surface area contributed by atoms with E-state index in [1.807, 2.05) is 0 Å². The molecule has 0 saturated heterocycles. The van der Waals surface area contributed by atoms with Crippen LogP contribution in [0.5, 0.6) is 0 Å². The van der Waals surface area contributed by atoms with Crippen LogP contribution < -0.4 is 5.73 Å². The summed E-state index contributed by atoms with van der Waals surface area (Å²) < 4.78 is 32.7. The zero-order valence-electron chi connectivity index (χ0n) is 35.7. The molecule has 0 rings (SSSR count). The van der Waals surface area contributed by atoms with Gasteiger partial charge in [-0.15, -0.1) is 0 Å². The summed E-state index contributed by atoms with van der Waals surface area (Å²) in [4.78, 5) is 46.0. The molecule has 0 heterocycles.